The van der Waals surface area contributed by atoms with Crippen molar-refractivity contribution in [3.8, 4) is 11.5 Å². The van der Waals surface area contributed by atoms with Crippen molar-refractivity contribution in [2.75, 3.05) is 30.4 Å². The summed E-state index contributed by atoms with van der Waals surface area (Å²) in [5.41, 5.74) is 1.81. The van der Waals surface area contributed by atoms with E-state index in [0.29, 0.717) is 28.6 Å². The molecular weight excluding hydrogens is 554 g/mol. The molecular formula is C29H32ClN3O6S. The topological polar surface area (TPSA) is 105 Å². The number of nitrogens with zero attached hydrogens (tertiary/aromatic N) is 2. The number of anilines is 1. The molecule has 3 aromatic carbocycles. The van der Waals surface area contributed by atoms with E-state index in [4.69, 9.17) is 21.1 Å². The van der Waals surface area contributed by atoms with E-state index in [0.717, 1.165) is 22.5 Å². The van der Waals surface area contributed by atoms with Crippen molar-refractivity contribution >= 4 is 39.1 Å². The zero-order valence-electron chi connectivity index (χ0n) is 22.4. The molecule has 0 aromatic heterocycles. The Morgan fingerprint density at radius 2 is 1.70 bits per heavy atom. The standard InChI is InChI=1S/C29H32ClN3O6S/c1-3-14-31-29(35)25(16-21-8-5-4-6-9-21)32(18-22-10-7-11-23(30)15-22)28(34)19-33(40(2,36)37)24-12-13-26-27(17-24)39-20-38-26/h4-13,15,17,25H,3,14,16,18-20H2,1-2H3,(H,31,35)/t25-/m0/s1. The lowest BCUT2D eigenvalue weighted by molar-refractivity contribution is -0.140. The lowest BCUT2D eigenvalue weighted by Gasteiger charge is -2.33. The number of amides is 2. The maximum absolute atomic E-state index is 14.1. The van der Waals surface area contributed by atoms with Crippen molar-refractivity contribution in [2.24, 2.45) is 0 Å². The van der Waals surface area contributed by atoms with Crippen LogP contribution in [0.2, 0.25) is 5.02 Å². The van der Waals surface area contributed by atoms with Crippen molar-refractivity contribution < 1.29 is 27.5 Å². The van der Waals surface area contributed by atoms with Gasteiger partial charge in [0, 0.05) is 30.6 Å². The molecule has 0 saturated heterocycles. The molecule has 1 atom stereocenters. The molecule has 40 heavy (non-hydrogen) atoms. The number of ether oxygens (including phenoxy) is 2. The molecule has 1 aliphatic rings. The number of hydrogen-bond acceptors (Lipinski definition) is 6. The molecule has 1 aliphatic heterocycles. The summed E-state index contributed by atoms with van der Waals surface area (Å²) in [6.07, 6.45) is 1.99. The molecule has 2 amide bonds. The Labute approximate surface area is 239 Å². The number of sulfonamides is 1. The van der Waals surface area contributed by atoms with E-state index in [1.807, 2.05) is 43.3 Å². The number of carbonyl (C=O) groups excluding carboxylic acids is 2. The van der Waals surface area contributed by atoms with Gasteiger partial charge >= 0.3 is 0 Å². The largest absolute Gasteiger partial charge is 0.454 e. The smallest absolute Gasteiger partial charge is 0.244 e. The maximum Gasteiger partial charge on any atom is 0.244 e. The highest BCUT2D eigenvalue weighted by molar-refractivity contribution is 7.92. The fraction of sp³-hybridized carbons (Fsp3) is 0.310. The highest BCUT2D eigenvalue weighted by atomic mass is 35.5. The fourth-order valence-electron chi connectivity index (χ4n) is 4.41. The van der Waals surface area contributed by atoms with E-state index in [1.165, 1.54) is 11.0 Å². The summed E-state index contributed by atoms with van der Waals surface area (Å²) in [5.74, 6) is 0.00243. The van der Waals surface area contributed by atoms with Crippen LogP contribution in [0.4, 0.5) is 5.69 Å². The van der Waals surface area contributed by atoms with Gasteiger partial charge in [-0.15, -0.1) is 0 Å². The first kappa shape index (κ1) is 29.2. The van der Waals surface area contributed by atoms with Gasteiger partial charge in [0.25, 0.3) is 0 Å². The van der Waals surface area contributed by atoms with Gasteiger partial charge in [-0.1, -0.05) is 61.0 Å². The summed E-state index contributed by atoms with van der Waals surface area (Å²) in [5, 5.41) is 3.39. The number of halogens is 1. The second-order valence-corrected chi connectivity index (χ2v) is 11.8. The van der Waals surface area contributed by atoms with Crippen LogP contribution in [0.15, 0.2) is 72.8 Å². The lowest BCUT2D eigenvalue weighted by atomic mass is 10.0. The highest BCUT2D eigenvalue weighted by Gasteiger charge is 2.33. The van der Waals surface area contributed by atoms with Gasteiger partial charge in [0.1, 0.15) is 12.6 Å². The maximum atomic E-state index is 14.1. The molecule has 0 aliphatic carbocycles. The average Bonchev–Trinajstić information content (AvgIpc) is 3.40. The van der Waals surface area contributed by atoms with Crippen molar-refractivity contribution in [1.29, 1.82) is 0 Å². The molecule has 0 saturated carbocycles. The van der Waals surface area contributed by atoms with Gasteiger partial charge in [-0.3, -0.25) is 13.9 Å². The van der Waals surface area contributed by atoms with Gasteiger partial charge < -0.3 is 19.7 Å². The summed E-state index contributed by atoms with van der Waals surface area (Å²) >= 11 is 6.23. The first-order valence-corrected chi connectivity index (χ1v) is 15.1. The number of carbonyl (C=O) groups is 2. The number of benzene rings is 3. The SMILES string of the molecule is CCCNC(=O)[C@H](Cc1ccccc1)N(Cc1cccc(Cl)c1)C(=O)CN(c1ccc2c(c1)OCO2)S(C)(=O)=O. The Balaban J connectivity index is 1.72. The Bertz CT molecular complexity index is 1450. The van der Waals surface area contributed by atoms with Crippen molar-refractivity contribution in [1.82, 2.24) is 10.2 Å². The minimum Gasteiger partial charge on any atom is -0.454 e. The van der Waals surface area contributed by atoms with Crippen molar-refractivity contribution in [3.63, 3.8) is 0 Å². The predicted octanol–water partition coefficient (Wildman–Crippen LogP) is 4.00. The molecule has 1 N–H and O–H groups in total. The van der Waals surface area contributed by atoms with E-state index in [-0.39, 0.29) is 31.4 Å². The van der Waals surface area contributed by atoms with Crippen molar-refractivity contribution in [3.05, 3.63) is 88.9 Å². The number of nitrogens with one attached hydrogen (secondary N) is 1. The summed E-state index contributed by atoms with van der Waals surface area (Å²) in [6.45, 7) is 1.94. The third-order valence-corrected chi connectivity index (χ3v) is 7.76. The monoisotopic (exact) mass is 585 g/mol. The molecule has 3 aromatic rings. The summed E-state index contributed by atoms with van der Waals surface area (Å²) < 4.78 is 37.6. The number of fused-ring (bicyclic) bond motifs is 1. The zero-order chi connectivity index (χ0) is 28.7. The fourth-order valence-corrected chi connectivity index (χ4v) is 5.46. The number of rotatable bonds is 12. The van der Waals surface area contributed by atoms with Crippen LogP contribution in [-0.4, -0.2) is 57.3 Å². The van der Waals surface area contributed by atoms with Gasteiger partial charge in [0.15, 0.2) is 11.5 Å². The molecule has 0 radical (unpaired) electrons. The highest BCUT2D eigenvalue weighted by Crippen LogP contribution is 2.36. The van der Waals surface area contributed by atoms with Gasteiger partial charge in [-0.05, 0) is 41.8 Å². The number of hydrogen-bond donors (Lipinski definition) is 1. The van der Waals surface area contributed by atoms with Gasteiger partial charge in [-0.25, -0.2) is 8.42 Å². The van der Waals surface area contributed by atoms with E-state index in [2.05, 4.69) is 5.32 Å². The Morgan fingerprint density at radius 1 is 0.975 bits per heavy atom. The molecule has 11 heteroatoms. The van der Waals surface area contributed by atoms with Crippen LogP contribution in [0.5, 0.6) is 11.5 Å². The molecule has 0 bridgehead atoms. The van der Waals surface area contributed by atoms with Crippen LogP contribution in [0.1, 0.15) is 24.5 Å². The molecule has 0 unspecified atom stereocenters. The third-order valence-electron chi connectivity index (χ3n) is 6.39. The summed E-state index contributed by atoms with van der Waals surface area (Å²) in [4.78, 5) is 29.0. The molecule has 4 rings (SSSR count). The minimum absolute atomic E-state index is 0.0258. The lowest BCUT2D eigenvalue weighted by Crippen LogP contribution is -2.53. The first-order chi connectivity index (χ1) is 19.2. The van der Waals surface area contributed by atoms with E-state index >= 15 is 0 Å². The molecule has 9 nitrogen and oxygen atoms in total. The first-order valence-electron chi connectivity index (χ1n) is 12.9. The van der Waals surface area contributed by atoms with E-state index < -0.39 is 28.5 Å². The zero-order valence-corrected chi connectivity index (χ0v) is 24.0. The summed E-state index contributed by atoms with van der Waals surface area (Å²) in [6, 6.07) is 20.2. The third kappa shape index (κ3) is 7.45. The van der Waals surface area contributed by atoms with Crippen molar-refractivity contribution in [2.45, 2.75) is 32.4 Å². The van der Waals surface area contributed by atoms with E-state index in [9.17, 15) is 18.0 Å². The molecule has 1 heterocycles. The van der Waals surface area contributed by atoms with Crippen LogP contribution < -0.4 is 19.1 Å². The van der Waals surface area contributed by atoms with Gasteiger partial charge in [0.05, 0.1) is 11.9 Å². The van der Waals surface area contributed by atoms with Crippen LogP contribution in [0.25, 0.3) is 0 Å². The second kappa shape index (κ2) is 13.1. The molecule has 0 fully saturated rings. The predicted molar refractivity (Wildman–Crippen MR) is 154 cm³/mol. The Kier molecular flexibility index (Phi) is 9.54. The van der Waals surface area contributed by atoms with Crippen LogP contribution in [-0.2, 0) is 32.6 Å². The normalized spacial score (nSPS) is 13.0. The average molecular weight is 586 g/mol. The quantitative estimate of drug-likeness (QED) is 0.344. The van der Waals surface area contributed by atoms with Crippen LogP contribution in [0, 0.1) is 0 Å². The van der Waals surface area contributed by atoms with Crippen LogP contribution in [0.3, 0.4) is 0 Å². The van der Waals surface area contributed by atoms with E-state index in [1.54, 1.807) is 30.3 Å². The Hall–Kier alpha value is -3.76. The van der Waals surface area contributed by atoms with Gasteiger partial charge in [-0.2, -0.15) is 0 Å². The Morgan fingerprint density at radius 3 is 2.40 bits per heavy atom. The van der Waals surface area contributed by atoms with Crippen LogP contribution >= 0.6 is 11.6 Å². The molecule has 212 valence electrons. The molecule has 0 spiro atoms. The van der Waals surface area contributed by atoms with Gasteiger partial charge in [0.2, 0.25) is 28.6 Å². The summed E-state index contributed by atoms with van der Waals surface area (Å²) in [7, 11) is -3.89. The second-order valence-electron chi connectivity index (χ2n) is 9.46. The minimum atomic E-state index is -3.89.